The maximum Gasteiger partial charge on any atom is 0.156 e. The standard InChI is InChI=1S/C16H19N5.BrH/c17-16-5-2-15(3-6-16,4-7-16)12-9-19-13-10-20-14-11(21(12)13)1-8-18-14;/h1,8-10,18H,2-7,17H2;1H. The third kappa shape index (κ3) is 1.74. The van der Waals surface area contributed by atoms with Crippen molar-refractivity contribution in [1.82, 2.24) is 19.4 Å². The minimum Gasteiger partial charge on any atom is -0.345 e. The summed E-state index contributed by atoms with van der Waals surface area (Å²) in [7, 11) is 0. The predicted octanol–water partition coefficient (Wildman–Crippen LogP) is 3.09. The molecule has 0 aliphatic heterocycles. The molecule has 0 saturated heterocycles. The maximum absolute atomic E-state index is 6.46. The zero-order valence-electron chi connectivity index (χ0n) is 12.4. The van der Waals surface area contributed by atoms with Crippen molar-refractivity contribution in [1.29, 1.82) is 0 Å². The molecule has 3 N–H and O–H groups in total. The number of rotatable bonds is 1. The number of hydrogen-bond acceptors (Lipinski definition) is 3. The molecule has 0 atom stereocenters. The Labute approximate surface area is 139 Å². The van der Waals surface area contributed by atoms with Gasteiger partial charge in [0.25, 0.3) is 0 Å². The fourth-order valence-electron chi connectivity index (χ4n) is 4.44. The average molecular weight is 362 g/mol. The molecule has 3 fully saturated rings. The summed E-state index contributed by atoms with van der Waals surface area (Å²) >= 11 is 0. The molecule has 3 saturated carbocycles. The maximum atomic E-state index is 6.46. The van der Waals surface area contributed by atoms with E-state index in [0.717, 1.165) is 36.1 Å². The number of hydrogen-bond donors (Lipinski definition) is 2. The van der Waals surface area contributed by atoms with Crippen molar-refractivity contribution in [2.24, 2.45) is 5.73 Å². The van der Waals surface area contributed by atoms with Crippen LogP contribution in [-0.2, 0) is 5.41 Å². The highest BCUT2D eigenvalue weighted by Gasteiger charge is 2.48. The van der Waals surface area contributed by atoms with E-state index in [0.29, 0.717) is 0 Å². The van der Waals surface area contributed by atoms with Gasteiger partial charge in [-0.3, -0.25) is 4.40 Å². The van der Waals surface area contributed by atoms with Crippen molar-refractivity contribution in [2.75, 3.05) is 0 Å². The first kappa shape index (κ1) is 14.2. The van der Waals surface area contributed by atoms with Gasteiger partial charge in [0.2, 0.25) is 0 Å². The average Bonchev–Trinajstić information content (AvgIpc) is 3.14. The molecule has 6 rings (SSSR count). The van der Waals surface area contributed by atoms with Crippen LogP contribution in [-0.4, -0.2) is 24.9 Å². The van der Waals surface area contributed by atoms with E-state index >= 15 is 0 Å². The molecule has 3 aliphatic carbocycles. The van der Waals surface area contributed by atoms with Gasteiger partial charge in [0, 0.05) is 29.0 Å². The Hall–Kier alpha value is -1.40. The van der Waals surface area contributed by atoms with Crippen LogP contribution in [0.15, 0.2) is 24.7 Å². The van der Waals surface area contributed by atoms with Gasteiger partial charge in [0.05, 0.1) is 11.7 Å². The molecule has 22 heavy (non-hydrogen) atoms. The number of nitrogens with two attached hydrogens (primary N) is 1. The zero-order chi connectivity index (χ0) is 14.1. The Morgan fingerprint density at radius 2 is 1.77 bits per heavy atom. The summed E-state index contributed by atoms with van der Waals surface area (Å²) in [6.07, 6.45) is 12.9. The van der Waals surface area contributed by atoms with E-state index in [-0.39, 0.29) is 27.9 Å². The van der Waals surface area contributed by atoms with Crippen LogP contribution in [0.5, 0.6) is 0 Å². The Morgan fingerprint density at radius 3 is 2.50 bits per heavy atom. The van der Waals surface area contributed by atoms with E-state index in [1.165, 1.54) is 25.0 Å². The third-order valence-corrected chi connectivity index (χ3v) is 5.89. The molecule has 3 aliphatic rings. The summed E-state index contributed by atoms with van der Waals surface area (Å²) < 4.78 is 2.30. The largest absolute Gasteiger partial charge is 0.345 e. The highest BCUT2D eigenvalue weighted by atomic mass is 79.9. The third-order valence-electron chi connectivity index (χ3n) is 5.89. The van der Waals surface area contributed by atoms with E-state index < -0.39 is 0 Å². The lowest BCUT2D eigenvalue weighted by Crippen LogP contribution is -2.53. The van der Waals surface area contributed by atoms with Crippen LogP contribution in [0.1, 0.15) is 44.2 Å². The number of nitrogens with zero attached hydrogens (tertiary/aromatic N) is 3. The minimum atomic E-state index is 0. The number of halogens is 1. The highest BCUT2D eigenvalue weighted by Crippen LogP contribution is 2.52. The van der Waals surface area contributed by atoms with E-state index in [1.54, 1.807) is 0 Å². The number of aromatic amines is 1. The molecule has 116 valence electrons. The molecule has 6 heteroatoms. The van der Waals surface area contributed by atoms with Gasteiger partial charge in [-0.15, -0.1) is 17.0 Å². The fraction of sp³-hybridized carbons (Fsp3) is 0.500. The molecular weight excluding hydrogens is 342 g/mol. The van der Waals surface area contributed by atoms with Crippen molar-refractivity contribution in [2.45, 2.75) is 49.5 Å². The number of H-pyrrole nitrogens is 1. The van der Waals surface area contributed by atoms with Crippen molar-refractivity contribution >= 4 is 33.8 Å². The molecule has 2 bridgehead atoms. The van der Waals surface area contributed by atoms with Crippen LogP contribution in [0.2, 0.25) is 0 Å². The highest BCUT2D eigenvalue weighted by molar-refractivity contribution is 8.93. The monoisotopic (exact) mass is 361 g/mol. The normalized spacial score (nSPS) is 30.8. The van der Waals surface area contributed by atoms with E-state index in [4.69, 9.17) is 5.73 Å². The van der Waals surface area contributed by atoms with Crippen LogP contribution in [0.4, 0.5) is 0 Å². The number of imidazole rings is 1. The zero-order valence-corrected chi connectivity index (χ0v) is 14.1. The predicted molar refractivity (Wildman–Crippen MR) is 91.5 cm³/mol. The molecular formula is C16H20BrN5. The topological polar surface area (TPSA) is 72.0 Å². The lowest BCUT2D eigenvalue weighted by atomic mass is 9.56. The van der Waals surface area contributed by atoms with Gasteiger partial charge in [-0.05, 0) is 44.6 Å². The second-order valence-corrected chi connectivity index (χ2v) is 6.95. The van der Waals surface area contributed by atoms with Crippen LogP contribution in [0.3, 0.4) is 0 Å². The van der Waals surface area contributed by atoms with E-state index in [1.807, 2.05) is 12.4 Å². The summed E-state index contributed by atoms with van der Waals surface area (Å²) in [5.74, 6) is 0. The summed E-state index contributed by atoms with van der Waals surface area (Å²) in [5.41, 5.74) is 11.2. The van der Waals surface area contributed by atoms with Crippen molar-refractivity contribution in [3.8, 4) is 0 Å². The number of fused-ring (bicyclic) bond motifs is 6. The molecule has 0 radical (unpaired) electrons. The first-order valence-corrected chi connectivity index (χ1v) is 7.78. The van der Waals surface area contributed by atoms with Crippen LogP contribution >= 0.6 is 17.0 Å². The number of aromatic nitrogens is 4. The van der Waals surface area contributed by atoms with Gasteiger partial charge in [0.15, 0.2) is 11.3 Å². The summed E-state index contributed by atoms with van der Waals surface area (Å²) in [4.78, 5) is 12.2. The quantitative estimate of drug-likeness (QED) is 0.699. The summed E-state index contributed by atoms with van der Waals surface area (Å²) in [5, 5.41) is 0. The van der Waals surface area contributed by atoms with E-state index in [9.17, 15) is 0 Å². The van der Waals surface area contributed by atoms with Crippen molar-refractivity contribution < 1.29 is 0 Å². The second-order valence-electron chi connectivity index (χ2n) is 6.95. The second kappa shape index (κ2) is 4.55. The first-order chi connectivity index (χ1) is 10.2. The van der Waals surface area contributed by atoms with Gasteiger partial charge in [-0.2, -0.15) is 0 Å². The van der Waals surface area contributed by atoms with E-state index in [2.05, 4.69) is 31.6 Å². The van der Waals surface area contributed by atoms with Gasteiger partial charge >= 0.3 is 0 Å². The van der Waals surface area contributed by atoms with Crippen LogP contribution in [0, 0.1) is 0 Å². The Morgan fingerprint density at radius 1 is 1.05 bits per heavy atom. The lowest BCUT2D eigenvalue weighted by molar-refractivity contribution is 0.104. The van der Waals surface area contributed by atoms with Crippen LogP contribution in [0.25, 0.3) is 16.8 Å². The van der Waals surface area contributed by atoms with Crippen LogP contribution < -0.4 is 5.73 Å². The first-order valence-electron chi connectivity index (χ1n) is 7.78. The molecule has 3 heterocycles. The minimum absolute atomic E-state index is 0. The Bertz CT molecular complexity index is 824. The fourth-order valence-corrected chi connectivity index (χ4v) is 4.44. The van der Waals surface area contributed by atoms with Gasteiger partial charge in [0.1, 0.15) is 0 Å². The number of nitrogens with one attached hydrogen (secondary N) is 1. The molecule has 0 amide bonds. The smallest absolute Gasteiger partial charge is 0.156 e. The summed E-state index contributed by atoms with van der Waals surface area (Å²) in [6, 6.07) is 2.09. The van der Waals surface area contributed by atoms with Crippen molar-refractivity contribution in [3.05, 3.63) is 30.4 Å². The van der Waals surface area contributed by atoms with Gasteiger partial charge in [-0.25, -0.2) is 9.97 Å². The van der Waals surface area contributed by atoms with Gasteiger partial charge < -0.3 is 10.7 Å². The van der Waals surface area contributed by atoms with Gasteiger partial charge in [-0.1, -0.05) is 0 Å². The lowest BCUT2D eigenvalue weighted by Gasteiger charge is -2.51. The molecule has 0 aromatic carbocycles. The van der Waals surface area contributed by atoms with Crippen molar-refractivity contribution in [3.63, 3.8) is 0 Å². The summed E-state index contributed by atoms with van der Waals surface area (Å²) in [6.45, 7) is 0. The Balaban J connectivity index is 0.00000125. The Kier molecular flexibility index (Phi) is 2.94. The molecule has 0 spiro atoms. The molecule has 3 aromatic rings. The molecule has 5 nitrogen and oxygen atoms in total. The molecule has 0 unspecified atom stereocenters. The SMILES string of the molecule is Br.NC12CCC(c3cnc4cnc5[nH]ccc5n34)(CC1)CC2. The molecule has 3 aromatic heterocycles.